The van der Waals surface area contributed by atoms with Gasteiger partial charge in [-0.1, -0.05) is 0 Å². The van der Waals surface area contributed by atoms with E-state index in [2.05, 4.69) is 28.0 Å². The molecule has 18 heavy (non-hydrogen) atoms. The van der Waals surface area contributed by atoms with Gasteiger partial charge in [0.15, 0.2) is 0 Å². The van der Waals surface area contributed by atoms with Crippen LogP contribution in [0.2, 0.25) is 0 Å². The summed E-state index contributed by atoms with van der Waals surface area (Å²) in [6, 6.07) is 2.15. The first-order valence-corrected chi connectivity index (χ1v) is 6.21. The van der Waals surface area contributed by atoms with Crippen LogP contribution in [0.5, 0.6) is 0 Å². The maximum atomic E-state index is 5.65. The molecule has 0 saturated carbocycles. The topological polar surface area (TPSA) is 60.0 Å². The Morgan fingerprint density at radius 3 is 2.72 bits per heavy atom. The van der Waals surface area contributed by atoms with Crippen LogP contribution in [0.4, 0.5) is 11.5 Å². The fourth-order valence-electron chi connectivity index (χ4n) is 2.09. The molecule has 1 saturated heterocycles. The Balaban J connectivity index is 1.80. The molecule has 5 heteroatoms. The Bertz CT molecular complexity index is 556. The average molecular weight is 243 g/mol. The van der Waals surface area contributed by atoms with Crippen molar-refractivity contribution in [3.63, 3.8) is 0 Å². The van der Waals surface area contributed by atoms with Gasteiger partial charge in [-0.15, -0.1) is 0 Å². The molecular weight excluding hydrogens is 226 g/mol. The highest BCUT2D eigenvalue weighted by atomic mass is 15.3. The van der Waals surface area contributed by atoms with Crippen LogP contribution in [0.15, 0.2) is 24.7 Å². The molecule has 3 heterocycles. The number of hydrogen-bond acceptors (Lipinski definition) is 4. The van der Waals surface area contributed by atoms with Crippen molar-refractivity contribution in [3.8, 4) is 0 Å². The number of nitrogen functional groups attached to an aromatic ring is 1. The van der Waals surface area contributed by atoms with Crippen molar-refractivity contribution in [1.29, 1.82) is 0 Å². The van der Waals surface area contributed by atoms with E-state index in [9.17, 15) is 0 Å². The van der Waals surface area contributed by atoms with E-state index in [1.54, 1.807) is 6.20 Å². The van der Waals surface area contributed by atoms with Gasteiger partial charge in [-0.2, -0.15) is 5.10 Å². The van der Waals surface area contributed by atoms with Crippen molar-refractivity contribution in [2.24, 2.45) is 0 Å². The second-order valence-electron chi connectivity index (χ2n) is 4.78. The highest BCUT2D eigenvalue weighted by molar-refractivity contribution is 5.45. The van der Waals surface area contributed by atoms with E-state index in [4.69, 9.17) is 5.73 Å². The average Bonchev–Trinajstić information content (AvgIpc) is 2.66. The zero-order valence-electron chi connectivity index (χ0n) is 10.5. The van der Waals surface area contributed by atoms with Gasteiger partial charge in [-0.25, -0.2) is 4.98 Å². The lowest BCUT2D eigenvalue weighted by atomic mass is 10.1. The van der Waals surface area contributed by atoms with Gasteiger partial charge in [0.2, 0.25) is 0 Å². The number of aryl methyl sites for hydroxylation is 1. The third-order valence-electron chi connectivity index (χ3n) is 3.37. The number of hydrogen-bond donors (Lipinski definition) is 1. The van der Waals surface area contributed by atoms with E-state index in [1.807, 2.05) is 17.1 Å². The van der Waals surface area contributed by atoms with Gasteiger partial charge >= 0.3 is 0 Å². The molecule has 5 nitrogen and oxygen atoms in total. The zero-order chi connectivity index (χ0) is 12.5. The summed E-state index contributed by atoms with van der Waals surface area (Å²) in [6.45, 7) is 5.09. The summed E-state index contributed by atoms with van der Waals surface area (Å²) in [5.41, 5.74) is 8.78. The molecule has 3 rings (SSSR count). The Kier molecular flexibility index (Phi) is 2.66. The molecule has 0 unspecified atom stereocenters. The molecule has 0 radical (unpaired) electrons. The zero-order valence-corrected chi connectivity index (χ0v) is 10.5. The fourth-order valence-corrected chi connectivity index (χ4v) is 2.09. The molecule has 0 aromatic carbocycles. The Morgan fingerprint density at radius 1 is 1.33 bits per heavy atom. The van der Waals surface area contributed by atoms with Crippen molar-refractivity contribution in [3.05, 3.63) is 35.8 Å². The minimum Gasteiger partial charge on any atom is -0.396 e. The van der Waals surface area contributed by atoms with E-state index < -0.39 is 0 Å². The van der Waals surface area contributed by atoms with Crippen molar-refractivity contribution in [1.82, 2.24) is 14.8 Å². The molecule has 1 aliphatic rings. The lowest BCUT2D eigenvalue weighted by Crippen LogP contribution is -2.37. The van der Waals surface area contributed by atoms with Crippen LogP contribution < -0.4 is 10.6 Å². The summed E-state index contributed by atoms with van der Waals surface area (Å²) in [7, 11) is 0. The molecule has 1 fully saturated rings. The monoisotopic (exact) mass is 243 g/mol. The van der Waals surface area contributed by atoms with Gasteiger partial charge in [-0.3, -0.25) is 4.68 Å². The molecule has 94 valence electrons. The molecule has 1 aliphatic heterocycles. The van der Waals surface area contributed by atoms with E-state index >= 15 is 0 Å². The number of nitrogens with zero attached hydrogens (tertiary/aromatic N) is 4. The predicted octanol–water partition coefficient (Wildman–Crippen LogP) is 1.43. The normalized spacial score (nSPS) is 14.6. The number of aromatic nitrogens is 3. The quantitative estimate of drug-likeness (QED) is 0.886. The van der Waals surface area contributed by atoms with E-state index in [0.29, 0.717) is 5.69 Å². The van der Waals surface area contributed by atoms with E-state index in [-0.39, 0.29) is 0 Å². The van der Waals surface area contributed by atoms with Gasteiger partial charge in [0, 0.05) is 25.5 Å². The summed E-state index contributed by atoms with van der Waals surface area (Å²) in [5.74, 6) is 1.09. The van der Waals surface area contributed by atoms with Crippen LogP contribution in [-0.4, -0.2) is 27.9 Å². The van der Waals surface area contributed by atoms with Gasteiger partial charge in [0.1, 0.15) is 5.82 Å². The maximum Gasteiger partial charge on any atom is 0.128 e. The van der Waals surface area contributed by atoms with Crippen LogP contribution in [-0.2, 0) is 6.54 Å². The van der Waals surface area contributed by atoms with Gasteiger partial charge in [-0.05, 0) is 30.5 Å². The summed E-state index contributed by atoms with van der Waals surface area (Å²) in [4.78, 5) is 6.81. The minimum atomic E-state index is 0.692. The predicted molar refractivity (Wildman–Crippen MR) is 71.5 cm³/mol. The van der Waals surface area contributed by atoms with Crippen LogP contribution >= 0.6 is 0 Å². The van der Waals surface area contributed by atoms with Crippen molar-refractivity contribution in [2.45, 2.75) is 19.9 Å². The molecule has 0 amide bonds. The standard InChI is InChI=1S/C13H17N5/c1-10-5-13(17-3-2-4-17)15-6-11(10)8-18-9-12(14)7-16-18/h5-7,9H,2-4,8,14H2,1H3. The lowest BCUT2D eigenvalue weighted by Gasteiger charge is -2.32. The lowest BCUT2D eigenvalue weighted by molar-refractivity contribution is 0.608. The minimum absolute atomic E-state index is 0.692. The smallest absolute Gasteiger partial charge is 0.128 e. The number of pyridine rings is 1. The summed E-state index contributed by atoms with van der Waals surface area (Å²) < 4.78 is 1.84. The number of anilines is 2. The molecular formula is C13H17N5. The maximum absolute atomic E-state index is 5.65. The Hall–Kier alpha value is -2.04. The van der Waals surface area contributed by atoms with E-state index in [0.717, 1.165) is 25.5 Å². The first-order chi connectivity index (χ1) is 8.72. The number of nitrogens with two attached hydrogens (primary N) is 1. The molecule has 2 aromatic heterocycles. The number of rotatable bonds is 3. The third kappa shape index (κ3) is 2.03. The van der Waals surface area contributed by atoms with Crippen LogP contribution in [0.3, 0.4) is 0 Å². The van der Waals surface area contributed by atoms with Gasteiger partial charge < -0.3 is 10.6 Å². The Labute approximate surface area is 106 Å². The molecule has 0 atom stereocenters. The van der Waals surface area contributed by atoms with Gasteiger partial charge in [0.05, 0.1) is 18.4 Å². The second kappa shape index (κ2) is 4.33. The molecule has 2 aromatic rings. The van der Waals surface area contributed by atoms with E-state index in [1.165, 1.54) is 17.5 Å². The molecule has 2 N–H and O–H groups in total. The summed E-state index contributed by atoms with van der Waals surface area (Å²) in [6.07, 6.45) is 6.72. The van der Waals surface area contributed by atoms with Crippen molar-refractivity contribution >= 4 is 11.5 Å². The highest BCUT2D eigenvalue weighted by Crippen LogP contribution is 2.21. The summed E-state index contributed by atoms with van der Waals surface area (Å²) >= 11 is 0. The van der Waals surface area contributed by atoms with Crippen molar-refractivity contribution < 1.29 is 0 Å². The van der Waals surface area contributed by atoms with Crippen LogP contribution in [0.1, 0.15) is 17.5 Å². The molecule has 0 aliphatic carbocycles. The van der Waals surface area contributed by atoms with Crippen LogP contribution in [0, 0.1) is 6.92 Å². The second-order valence-corrected chi connectivity index (χ2v) is 4.78. The SMILES string of the molecule is Cc1cc(N2CCC2)ncc1Cn1cc(N)cn1. The van der Waals surface area contributed by atoms with Crippen LogP contribution in [0.25, 0.3) is 0 Å². The largest absolute Gasteiger partial charge is 0.396 e. The first kappa shape index (κ1) is 11.1. The molecule has 0 spiro atoms. The summed E-state index contributed by atoms with van der Waals surface area (Å²) in [5, 5.41) is 4.19. The first-order valence-electron chi connectivity index (χ1n) is 6.21. The van der Waals surface area contributed by atoms with Crippen molar-refractivity contribution in [2.75, 3.05) is 23.7 Å². The van der Waals surface area contributed by atoms with Gasteiger partial charge in [0.25, 0.3) is 0 Å². The fraction of sp³-hybridized carbons (Fsp3) is 0.385. The molecule has 0 bridgehead atoms. The Morgan fingerprint density at radius 2 is 2.17 bits per heavy atom. The highest BCUT2D eigenvalue weighted by Gasteiger charge is 2.16. The third-order valence-corrected chi connectivity index (χ3v) is 3.37.